The Morgan fingerprint density at radius 2 is 1.81 bits per heavy atom. The van der Waals surface area contributed by atoms with E-state index in [2.05, 4.69) is 10.3 Å². The van der Waals surface area contributed by atoms with E-state index in [1.807, 2.05) is 45.0 Å². The summed E-state index contributed by atoms with van der Waals surface area (Å²) in [6, 6.07) is 14.0. The first-order chi connectivity index (χ1) is 14.7. The quantitative estimate of drug-likeness (QED) is 0.331. The second kappa shape index (κ2) is 7.68. The lowest BCUT2D eigenvalue weighted by Gasteiger charge is -2.11. The number of nitrogens with one attached hydrogen (secondary N) is 1. The largest absolute Gasteiger partial charge is 0.436 e. The van der Waals surface area contributed by atoms with Crippen molar-refractivity contribution in [3.05, 3.63) is 86.5 Å². The monoisotopic (exact) mass is 415 g/mol. The van der Waals surface area contributed by atoms with Gasteiger partial charge in [-0.3, -0.25) is 14.9 Å². The molecule has 31 heavy (non-hydrogen) atoms. The molecule has 156 valence electrons. The molecule has 0 aliphatic heterocycles. The number of aryl methyl sites for hydroxylation is 3. The average molecular weight is 415 g/mol. The van der Waals surface area contributed by atoms with Crippen LogP contribution in [0, 0.1) is 37.8 Å². The van der Waals surface area contributed by atoms with Gasteiger partial charge in [0.25, 0.3) is 11.6 Å². The molecule has 0 saturated heterocycles. The van der Waals surface area contributed by atoms with Gasteiger partial charge in [-0.2, -0.15) is 0 Å². The molecule has 3 aromatic carbocycles. The van der Waals surface area contributed by atoms with Crippen molar-refractivity contribution in [1.82, 2.24) is 4.98 Å². The van der Waals surface area contributed by atoms with Crippen LogP contribution in [0.2, 0.25) is 0 Å². The maximum Gasteiger partial charge on any atom is 0.273 e. The number of nitro groups is 1. The maximum atomic E-state index is 12.9. The molecule has 7 nitrogen and oxygen atoms in total. The van der Waals surface area contributed by atoms with Crippen molar-refractivity contribution < 1.29 is 14.1 Å². The molecule has 0 aliphatic rings. The third kappa shape index (κ3) is 3.77. The zero-order valence-electron chi connectivity index (χ0n) is 17.6. The molecule has 1 N–H and O–H groups in total. The van der Waals surface area contributed by atoms with Crippen molar-refractivity contribution in [2.75, 3.05) is 5.32 Å². The molecule has 4 aromatic rings. The number of hydrogen-bond donors (Lipinski definition) is 1. The molecule has 0 fully saturated rings. The van der Waals surface area contributed by atoms with E-state index in [0.29, 0.717) is 17.1 Å². The number of amides is 1. The maximum absolute atomic E-state index is 12.9. The number of anilines is 1. The minimum Gasteiger partial charge on any atom is -0.436 e. The highest BCUT2D eigenvalue weighted by molar-refractivity contribution is 6.06. The van der Waals surface area contributed by atoms with Gasteiger partial charge in [-0.05, 0) is 68.7 Å². The Bertz CT molecular complexity index is 1350. The molecule has 1 heterocycles. The van der Waals surface area contributed by atoms with Crippen molar-refractivity contribution in [3.8, 4) is 11.5 Å². The molecule has 0 aliphatic carbocycles. The lowest BCUT2D eigenvalue weighted by molar-refractivity contribution is -0.385. The highest BCUT2D eigenvalue weighted by atomic mass is 16.6. The topological polar surface area (TPSA) is 98.3 Å². The summed E-state index contributed by atoms with van der Waals surface area (Å²) < 4.78 is 5.99. The Morgan fingerprint density at radius 3 is 2.55 bits per heavy atom. The highest BCUT2D eigenvalue weighted by Crippen LogP contribution is 2.30. The van der Waals surface area contributed by atoms with Gasteiger partial charge >= 0.3 is 0 Å². The standard InChI is InChI=1S/C24H21N3O4/c1-13-10-15(3)22-20(11-13)26-24(31-22)17-9-8-14(2)19(12-17)25-23(28)18-6-5-7-21(16(18)4)27(29)30/h5-12H,1-4H3,(H,25,28). The number of rotatable bonds is 4. The van der Waals surface area contributed by atoms with Crippen LogP contribution < -0.4 is 5.32 Å². The van der Waals surface area contributed by atoms with Crippen molar-refractivity contribution in [2.24, 2.45) is 0 Å². The molecular formula is C24H21N3O4. The number of nitrogens with zero attached hydrogens (tertiary/aromatic N) is 2. The predicted octanol–water partition coefficient (Wildman–Crippen LogP) is 5.89. The van der Waals surface area contributed by atoms with E-state index in [4.69, 9.17) is 4.42 Å². The molecule has 0 radical (unpaired) electrons. The molecule has 0 saturated carbocycles. The minimum atomic E-state index is -0.491. The normalized spacial score (nSPS) is 11.0. The van der Waals surface area contributed by atoms with E-state index < -0.39 is 10.8 Å². The van der Waals surface area contributed by atoms with Gasteiger partial charge in [0.2, 0.25) is 5.89 Å². The number of oxazole rings is 1. The fourth-order valence-electron chi connectivity index (χ4n) is 3.65. The van der Waals surface area contributed by atoms with Gasteiger partial charge in [0, 0.05) is 28.4 Å². The first-order valence-corrected chi connectivity index (χ1v) is 9.79. The van der Waals surface area contributed by atoms with Crippen LogP contribution in [0.1, 0.15) is 32.6 Å². The Morgan fingerprint density at radius 1 is 1.03 bits per heavy atom. The first kappa shape index (κ1) is 20.3. The van der Waals surface area contributed by atoms with Gasteiger partial charge in [0.1, 0.15) is 5.52 Å². The average Bonchev–Trinajstić information content (AvgIpc) is 3.14. The van der Waals surface area contributed by atoms with E-state index in [9.17, 15) is 14.9 Å². The van der Waals surface area contributed by atoms with Crippen molar-refractivity contribution in [1.29, 1.82) is 0 Å². The van der Waals surface area contributed by atoms with E-state index in [1.165, 1.54) is 12.1 Å². The molecule has 0 unspecified atom stereocenters. The van der Waals surface area contributed by atoms with Crippen LogP contribution in [0.15, 0.2) is 52.9 Å². The van der Waals surface area contributed by atoms with Crippen LogP contribution >= 0.6 is 0 Å². The number of hydrogen-bond acceptors (Lipinski definition) is 5. The van der Waals surface area contributed by atoms with Crippen molar-refractivity contribution in [2.45, 2.75) is 27.7 Å². The number of fused-ring (bicyclic) bond motifs is 1. The lowest BCUT2D eigenvalue weighted by Crippen LogP contribution is -2.15. The molecular weight excluding hydrogens is 394 g/mol. The van der Waals surface area contributed by atoms with Gasteiger partial charge in [-0.25, -0.2) is 4.98 Å². The molecule has 0 spiro atoms. The summed E-state index contributed by atoms with van der Waals surface area (Å²) in [4.78, 5) is 28.2. The molecule has 0 bridgehead atoms. The number of carbonyl (C=O) groups is 1. The number of nitro benzene ring substituents is 1. The van der Waals surface area contributed by atoms with Gasteiger partial charge in [-0.1, -0.05) is 18.2 Å². The van der Waals surface area contributed by atoms with Gasteiger partial charge in [0.05, 0.1) is 4.92 Å². The van der Waals surface area contributed by atoms with Crippen LogP contribution in [0.4, 0.5) is 11.4 Å². The number of aromatic nitrogens is 1. The van der Waals surface area contributed by atoms with Crippen LogP contribution in [-0.2, 0) is 0 Å². The van der Waals surface area contributed by atoms with Gasteiger partial charge < -0.3 is 9.73 Å². The first-order valence-electron chi connectivity index (χ1n) is 9.79. The van der Waals surface area contributed by atoms with E-state index in [0.717, 1.165) is 33.4 Å². The van der Waals surface area contributed by atoms with E-state index >= 15 is 0 Å². The summed E-state index contributed by atoms with van der Waals surface area (Å²) in [6.45, 7) is 7.43. The van der Waals surface area contributed by atoms with Gasteiger partial charge in [0.15, 0.2) is 5.58 Å². The fourth-order valence-corrected chi connectivity index (χ4v) is 3.65. The van der Waals surface area contributed by atoms with Crippen LogP contribution in [0.3, 0.4) is 0 Å². The summed E-state index contributed by atoms with van der Waals surface area (Å²) in [5, 5.41) is 14.1. The van der Waals surface area contributed by atoms with Crippen molar-refractivity contribution in [3.63, 3.8) is 0 Å². The van der Waals surface area contributed by atoms with Crippen LogP contribution in [0.5, 0.6) is 0 Å². The molecule has 1 amide bonds. The third-order valence-electron chi connectivity index (χ3n) is 5.30. The second-order valence-corrected chi connectivity index (χ2v) is 7.64. The Kier molecular flexibility index (Phi) is 5.02. The lowest BCUT2D eigenvalue weighted by atomic mass is 10.1. The van der Waals surface area contributed by atoms with Crippen LogP contribution in [-0.4, -0.2) is 15.8 Å². The summed E-state index contributed by atoms with van der Waals surface area (Å²) in [5.41, 5.74) is 6.29. The summed E-state index contributed by atoms with van der Waals surface area (Å²) in [7, 11) is 0. The van der Waals surface area contributed by atoms with Gasteiger partial charge in [-0.15, -0.1) is 0 Å². The number of benzene rings is 3. The Labute approximate surface area is 178 Å². The third-order valence-corrected chi connectivity index (χ3v) is 5.30. The number of carbonyl (C=O) groups excluding carboxylic acids is 1. The summed E-state index contributed by atoms with van der Waals surface area (Å²) in [5.74, 6) is 0.0520. The minimum absolute atomic E-state index is 0.0877. The molecule has 7 heteroatoms. The Balaban J connectivity index is 1.69. The fraction of sp³-hybridized carbons (Fsp3) is 0.167. The van der Waals surface area contributed by atoms with E-state index in [1.54, 1.807) is 19.1 Å². The predicted molar refractivity (Wildman–Crippen MR) is 119 cm³/mol. The summed E-state index contributed by atoms with van der Waals surface area (Å²) >= 11 is 0. The highest BCUT2D eigenvalue weighted by Gasteiger charge is 2.19. The SMILES string of the molecule is Cc1cc(C)c2oc(-c3ccc(C)c(NC(=O)c4cccc([N+](=O)[O-])c4C)c3)nc2c1. The summed E-state index contributed by atoms with van der Waals surface area (Å²) in [6.07, 6.45) is 0. The van der Waals surface area contributed by atoms with E-state index in [-0.39, 0.29) is 11.3 Å². The zero-order valence-corrected chi connectivity index (χ0v) is 17.6. The van der Waals surface area contributed by atoms with Crippen molar-refractivity contribution >= 4 is 28.4 Å². The second-order valence-electron chi connectivity index (χ2n) is 7.64. The zero-order chi connectivity index (χ0) is 22.3. The Hall–Kier alpha value is -4.00. The van der Waals surface area contributed by atoms with Crippen LogP contribution in [0.25, 0.3) is 22.6 Å². The molecule has 0 atom stereocenters. The molecule has 4 rings (SSSR count). The smallest absolute Gasteiger partial charge is 0.273 e. The molecule has 1 aromatic heterocycles.